The molecule has 0 unspecified atom stereocenters. The minimum atomic E-state index is -3.36. The fraction of sp³-hybridized carbons (Fsp3) is 0.500. The molecular weight excluding hydrogens is 333 g/mol. The number of halogens is 1. The van der Waals surface area contributed by atoms with E-state index in [9.17, 15) is 4.57 Å². The number of rotatable bonds is 7. The summed E-state index contributed by atoms with van der Waals surface area (Å²) in [4.78, 5) is 0. The summed E-state index contributed by atoms with van der Waals surface area (Å²) in [6, 6.07) is 5.26. The molecule has 1 aromatic carbocycles. The van der Waals surface area contributed by atoms with Gasteiger partial charge >= 0.3 is 7.60 Å². The summed E-state index contributed by atoms with van der Waals surface area (Å²) < 4.78 is 28.9. The van der Waals surface area contributed by atoms with Crippen LogP contribution in [0.4, 0.5) is 0 Å². The van der Waals surface area contributed by atoms with Crippen LogP contribution >= 0.6 is 23.5 Å². The minimum Gasteiger partial charge on any atom is -0.496 e. The third-order valence-electron chi connectivity index (χ3n) is 2.48. The highest BCUT2D eigenvalue weighted by Crippen LogP contribution is 2.58. The second-order valence-corrected chi connectivity index (χ2v) is 6.72. The summed E-state index contributed by atoms with van der Waals surface area (Å²) in [5, 5.41) is 0. The van der Waals surface area contributed by atoms with E-state index in [4.69, 9.17) is 19.5 Å². The second kappa shape index (κ2) is 7.41. The van der Waals surface area contributed by atoms with Crippen molar-refractivity contribution in [1.29, 1.82) is 0 Å². The molecular formula is C12H19BrNO4P. The van der Waals surface area contributed by atoms with Crippen LogP contribution in [0.2, 0.25) is 0 Å². The molecule has 7 heteroatoms. The number of nitrogens with two attached hydrogens (primary N) is 1. The molecule has 0 saturated carbocycles. The Balaban J connectivity index is 3.06. The zero-order valence-electron chi connectivity index (χ0n) is 11.3. The zero-order chi connectivity index (χ0) is 14.5. The lowest BCUT2D eigenvalue weighted by molar-refractivity contribution is 0.212. The van der Waals surface area contributed by atoms with Crippen LogP contribution in [-0.2, 0) is 13.6 Å². The maximum atomic E-state index is 12.6. The third-order valence-corrected chi connectivity index (χ3v) is 5.31. The summed E-state index contributed by atoms with van der Waals surface area (Å²) in [5.74, 6) is -0.145. The predicted octanol–water partition coefficient (Wildman–Crippen LogP) is 3.68. The quantitative estimate of drug-likeness (QED) is 0.758. The van der Waals surface area contributed by atoms with Crippen LogP contribution in [0.5, 0.6) is 5.75 Å². The lowest BCUT2D eigenvalue weighted by atomic mass is 10.2. The van der Waals surface area contributed by atoms with Gasteiger partial charge in [-0.05, 0) is 47.5 Å². The molecule has 0 aliphatic rings. The van der Waals surface area contributed by atoms with Gasteiger partial charge in [0.2, 0.25) is 0 Å². The van der Waals surface area contributed by atoms with Crippen molar-refractivity contribution in [1.82, 2.24) is 0 Å². The average molecular weight is 352 g/mol. The van der Waals surface area contributed by atoms with Gasteiger partial charge in [0.25, 0.3) is 0 Å². The standard InChI is InChI=1S/C12H19BrNO4P/c1-4-17-19(15,18-5-2)12(14)9-6-7-11(16-3)10(13)8-9/h6-8,12H,4-5,14H2,1-3H3/t12-/m1/s1. The molecule has 0 aliphatic carbocycles. The molecule has 0 aromatic heterocycles. The van der Waals surface area contributed by atoms with E-state index in [-0.39, 0.29) is 13.2 Å². The van der Waals surface area contributed by atoms with Gasteiger partial charge in [0.05, 0.1) is 24.8 Å². The highest BCUT2D eigenvalue weighted by molar-refractivity contribution is 9.10. The van der Waals surface area contributed by atoms with E-state index in [1.807, 2.05) is 0 Å². The summed E-state index contributed by atoms with van der Waals surface area (Å²) in [5.41, 5.74) is 6.70. The summed E-state index contributed by atoms with van der Waals surface area (Å²) in [7, 11) is -1.79. The maximum absolute atomic E-state index is 12.6. The first-order valence-corrected chi connectivity index (χ1v) is 8.36. The summed E-state index contributed by atoms with van der Waals surface area (Å²) in [6.07, 6.45) is 0. The number of methoxy groups -OCH3 is 1. The Morgan fingerprint density at radius 1 is 1.32 bits per heavy atom. The molecule has 0 heterocycles. The first kappa shape index (κ1) is 16.7. The van der Waals surface area contributed by atoms with Crippen molar-refractivity contribution in [3.8, 4) is 5.75 Å². The Morgan fingerprint density at radius 2 is 1.89 bits per heavy atom. The Bertz CT molecular complexity index is 459. The first-order chi connectivity index (χ1) is 8.98. The van der Waals surface area contributed by atoms with Crippen molar-refractivity contribution in [2.24, 2.45) is 5.73 Å². The predicted molar refractivity (Wildman–Crippen MR) is 78.5 cm³/mol. The van der Waals surface area contributed by atoms with Crippen LogP contribution in [0.1, 0.15) is 25.2 Å². The van der Waals surface area contributed by atoms with Crippen LogP contribution in [0.25, 0.3) is 0 Å². The van der Waals surface area contributed by atoms with Gasteiger partial charge in [-0.2, -0.15) is 0 Å². The van der Waals surface area contributed by atoms with Gasteiger partial charge in [0.15, 0.2) is 0 Å². The van der Waals surface area contributed by atoms with Gasteiger partial charge in [-0.25, -0.2) is 0 Å². The molecule has 0 aliphatic heterocycles. The van der Waals surface area contributed by atoms with Crippen molar-refractivity contribution in [3.05, 3.63) is 28.2 Å². The normalized spacial score (nSPS) is 13.3. The molecule has 0 radical (unpaired) electrons. The Hall–Kier alpha value is -0.390. The van der Waals surface area contributed by atoms with Gasteiger partial charge in [-0.1, -0.05) is 6.07 Å². The minimum absolute atomic E-state index is 0.280. The van der Waals surface area contributed by atoms with E-state index in [2.05, 4.69) is 15.9 Å². The van der Waals surface area contributed by atoms with Crippen molar-refractivity contribution in [2.75, 3.05) is 20.3 Å². The van der Waals surface area contributed by atoms with Crippen LogP contribution in [0.15, 0.2) is 22.7 Å². The molecule has 2 N–H and O–H groups in total. The second-order valence-electron chi connectivity index (χ2n) is 3.71. The molecule has 5 nitrogen and oxygen atoms in total. The molecule has 108 valence electrons. The zero-order valence-corrected chi connectivity index (χ0v) is 13.7. The highest BCUT2D eigenvalue weighted by atomic mass is 79.9. The van der Waals surface area contributed by atoms with Crippen molar-refractivity contribution in [3.63, 3.8) is 0 Å². The van der Waals surface area contributed by atoms with Crippen LogP contribution in [0.3, 0.4) is 0 Å². The molecule has 19 heavy (non-hydrogen) atoms. The molecule has 0 bridgehead atoms. The first-order valence-electron chi connectivity index (χ1n) is 5.96. The van der Waals surface area contributed by atoms with Gasteiger partial charge in [-0.15, -0.1) is 0 Å². The van der Waals surface area contributed by atoms with Crippen molar-refractivity contribution >= 4 is 23.5 Å². The maximum Gasteiger partial charge on any atom is 0.351 e. The van der Waals surface area contributed by atoms with E-state index in [1.54, 1.807) is 39.2 Å². The number of hydrogen-bond acceptors (Lipinski definition) is 5. The molecule has 0 saturated heterocycles. The van der Waals surface area contributed by atoms with Gasteiger partial charge in [0, 0.05) is 0 Å². The van der Waals surface area contributed by atoms with Crippen LogP contribution < -0.4 is 10.5 Å². The summed E-state index contributed by atoms with van der Waals surface area (Å²) in [6.45, 7) is 4.06. The number of ether oxygens (including phenoxy) is 1. The van der Waals surface area contributed by atoms with Gasteiger partial charge < -0.3 is 19.5 Å². The van der Waals surface area contributed by atoms with Crippen LogP contribution in [-0.4, -0.2) is 20.3 Å². The molecule has 0 fully saturated rings. The van der Waals surface area contributed by atoms with Gasteiger partial charge in [-0.3, -0.25) is 4.57 Å². The van der Waals surface area contributed by atoms with Gasteiger partial charge in [0.1, 0.15) is 11.5 Å². The van der Waals surface area contributed by atoms with Crippen molar-refractivity contribution in [2.45, 2.75) is 19.6 Å². The molecule has 1 rings (SSSR count). The Morgan fingerprint density at radius 3 is 2.32 bits per heavy atom. The Kier molecular flexibility index (Phi) is 6.50. The SMILES string of the molecule is CCOP(=O)(OCC)[C@@H](N)c1ccc(OC)c(Br)c1. The molecule has 1 aromatic rings. The summed E-state index contributed by atoms with van der Waals surface area (Å²) >= 11 is 3.37. The van der Waals surface area contributed by atoms with E-state index < -0.39 is 13.4 Å². The van der Waals surface area contributed by atoms with E-state index in [0.717, 1.165) is 4.47 Å². The largest absolute Gasteiger partial charge is 0.496 e. The van der Waals surface area contributed by atoms with E-state index in [1.165, 1.54) is 0 Å². The van der Waals surface area contributed by atoms with Crippen molar-refractivity contribution < 1.29 is 18.3 Å². The lowest BCUT2D eigenvalue weighted by Gasteiger charge is -2.23. The number of hydrogen-bond donors (Lipinski definition) is 1. The molecule has 0 amide bonds. The fourth-order valence-corrected chi connectivity index (χ4v) is 3.81. The monoisotopic (exact) mass is 351 g/mol. The average Bonchev–Trinajstić information content (AvgIpc) is 2.38. The van der Waals surface area contributed by atoms with E-state index in [0.29, 0.717) is 11.3 Å². The molecule has 1 atom stereocenters. The topological polar surface area (TPSA) is 70.8 Å². The highest BCUT2D eigenvalue weighted by Gasteiger charge is 2.34. The smallest absolute Gasteiger partial charge is 0.351 e. The van der Waals surface area contributed by atoms with Crippen LogP contribution in [0, 0.1) is 0 Å². The number of benzene rings is 1. The lowest BCUT2D eigenvalue weighted by Crippen LogP contribution is -2.15. The van der Waals surface area contributed by atoms with E-state index >= 15 is 0 Å². The Labute approximate surface area is 122 Å². The third kappa shape index (κ3) is 4.04. The fourth-order valence-electron chi connectivity index (χ4n) is 1.61. The molecule has 0 spiro atoms.